The molecule has 0 aliphatic heterocycles. The first-order chi connectivity index (χ1) is 10.0. The quantitative estimate of drug-likeness (QED) is 0.853. The first-order valence-electron chi connectivity index (χ1n) is 6.17. The van der Waals surface area contributed by atoms with Crippen molar-refractivity contribution < 1.29 is 13.9 Å². The number of hydrogen-bond donors (Lipinski definition) is 2. The van der Waals surface area contributed by atoms with Gasteiger partial charge in [-0.15, -0.1) is 0 Å². The van der Waals surface area contributed by atoms with Gasteiger partial charge in [0, 0.05) is 17.8 Å². The lowest BCUT2D eigenvalue weighted by Crippen LogP contribution is -2.23. The summed E-state index contributed by atoms with van der Waals surface area (Å²) in [4.78, 5) is 12.0. The summed E-state index contributed by atoms with van der Waals surface area (Å²) in [5, 5.41) is 2.46. The Hall–Kier alpha value is -2.27. The van der Waals surface area contributed by atoms with E-state index >= 15 is 0 Å². The number of hydrogen-bond acceptors (Lipinski definition) is 3. The molecule has 2 aromatic rings. The Balaban J connectivity index is 2.15. The standard InChI is InChI=1S/C15H14ClFN2O2/c1-21-13-6-5-10(18)7-9(13)8-19-15(20)11-3-2-4-12(17)14(11)16/h2-7H,8,18H2,1H3,(H,19,20). The number of amides is 1. The summed E-state index contributed by atoms with van der Waals surface area (Å²) in [6, 6.07) is 9.19. The average molecular weight is 309 g/mol. The van der Waals surface area contributed by atoms with Crippen molar-refractivity contribution in [3.05, 3.63) is 58.4 Å². The first-order valence-corrected chi connectivity index (χ1v) is 6.55. The maximum absolute atomic E-state index is 13.3. The minimum absolute atomic E-state index is 0.0829. The molecule has 0 spiro atoms. The number of methoxy groups -OCH3 is 1. The van der Waals surface area contributed by atoms with Gasteiger partial charge in [-0.3, -0.25) is 4.79 Å². The third kappa shape index (κ3) is 3.44. The van der Waals surface area contributed by atoms with E-state index in [9.17, 15) is 9.18 Å². The summed E-state index contributed by atoms with van der Waals surface area (Å²) in [7, 11) is 1.53. The molecule has 0 aliphatic rings. The summed E-state index contributed by atoms with van der Waals surface area (Å²) in [6.45, 7) is 0.194. The highest BCUT2D eigenvalue weighted by molar-refractivity contribution is 6.34. The van der Waals surface area contributed by atoms with Crippen LogP contribution in [0.2, 0.25) is 5.02 Å². The van der Waals surface area contributed by atoms with Crippen LogP contribution in [0.25, 0.3) is 0 Å². The molecule has 0 fully saturated rings. The molecular formula is C15H14ClFN2O2. The van der Waals surface area contributed by atoms with Gasteiger partial charge in [0.1, 0.15) is 11.6 Å². The summed E-state index contributed by atoms with van der Waals surface area (Å²) >= 11 is 5.77. The highest BCUT2D eigenvalue weighted by Crippen LogP contribution is 2.22. The molecular weight excluding hydrogens is 295 g/mol. The number of carbonyl (C=O) groups is 1. The molecule has 0 bridgehead atoms. The van der Waals surface area contributed by atoms with E-state index in [1.807, 2.05) is 0 Å². The molecule has 4 nitrogen and oxygen atoms in total. The summed E-state index contributed by atoms with van der Waals surface area (Å²) in [5.74, 6) is -0.496. The van der Waals surface area contributed by atoms with Crippen LogP contribution in [0.1, 0.15) is 15.9 Å². The van der Waals surface area contributed by atoms with Gasteiger partial charge < -0.3 is 15.8 Å². The van der Waals surface area contributed by atoms with Crippen molar-refractivity contribution in [1.29, 1.82) is 0 Å². The van der Waals surface area contributed by atoms with Gasteiger partial charge in [0.15, 0.2) is 0 Å². The van der Waals surface area contributed by atoms with Crippen molar-refractivity contribution >= 4 is 23.2 Å². The van der Waals surface area contributed by atoms with Crippen LogP contribution < -0.4 is 15.8 Å². The molecule has 0 saturated heterocycles. The topological polar surface area (TPSA) is 64.3 Å². The molecule has 0 radical (unpaired) electrons. The number of nitrogens with one attached hydrogen (secondary N) is 1. The van der Waals surface area contributed by atoms with Crippen LogP contribution in [0.15, 0.2) is 36.4 Å². The van der Waals surface area contributed by atoms with E-state index in [0.29, 0.717) is 11.4 Å². The number of nitrogens with two attached hydrogens (primary N) is 1. The molecule has 0 atom stereocenters. The van der Waals surface area contributed by atoms with Gasteiger partial charge in [0.25, 0.3) is 5.91 Å². The zero-order chi connectivity index (χ0) is 15.4. The maximum Gasteiger partial charge on any atom is 0.253 e. The molecule has 0 aliphatic carbocycles. The minimum atomic E-state index is -0.633. The lowest BCUT2D eigenvalue weighted by molar-refractivity contribution is 0.0950. The van der Waals surface area contributed by atoms with E-state index in [1.54, 1.807) is 18.2 Å². The predicted octanol–water partition coefficient (Wildman–Crippen LogP) is 3.00. The molecule has 0 aromatic heterocycles. The van der Waals surface area contributed by atoms with Crippen LogP contribution in [0, 0.1) is 5.82 Å². The number of rotatable bonds is 4. The second-order valence-corrected chi connectivity index (χ2v) is 4.73. The molecule has 110 valence electrons. The molecule has 3 N–H and O–H groups in total. The van der Waals surface area contributed by atoms with Crippen molar-refractivity contribution in [2.24, 2.45) is 0 Å². The fraction of sp³-hybridized carbons (Fsp3) is 0.133. The van der Waals surface area contributed by atoms with Crippen LogP contribution >= 0.6 is 11.6 Å². The molecule has 0 heterocycles. The van der Waals surface area contributed by atoms with Crippen LogP contribution in [0.3, 0.4) is 0 Å². The monoisotopic (exact) mass is 308 g/mol. The van der Waals surface area contributed by atoms with Gasteiger partial charge in [0.2, 0.25) is 0 Å². The van der Waals surface area contributed by atoms with Crippen molar-refractivity contribution in [3.8, 4) is 5.75 Å². The number of ether oxygens (including phenoxy) is 1. The van der Waals surface area contributed by atoms with Crippen LogP contribution in [0.4, 0.5) is 10.1 Å². The lowest BCUT2D eigenvalue weighted by Gasteiger charge is -2.11. The van der Waals surface area contributed by atoms with E-state index in [2.05, 4.69) is 5.32 Å². The van der Waals surface area contributed by atoms with Crippen LogP contribution in [-0.4, -0.2) is 13.0 Å². The maximum atomic E-state index is 13.3. The molecule has 0 unspecified atom stereocenters. The van der Waals surface area contributed by atoms with Crippen molar-refractivity contribution in [1.82, 2.24) is 5.32 Å². The summed E-state index contributed by atoms with van der Waals surface area (Å²) in [5.41, 5.74) is 7.07. The van der Waals surface area contributed by atoms with Crippen LogP contribution in [0.5, 0.6) is 5.75 Å². The second-order valence-electron chi connectivity index (χ2n) is 4.36. The Kier molecular flexibility index (Phi) is 4.65. The van der Waals surface area contributed by atoms with E-state index in [1.165, 1.54) is 25.3 Å². The Morgan fingerprint density at radius 3 is 2.86 bits per heavy atom. The van der Waals surface area contributed by atoms with Gasteiger partial charge in [-0.25, -0.2) is 4.39 Å². The van der Waals surface area contributed by atoms with Crippen molar-refractivity contribution in [2.75, 3.05) is 12.8 Å². The Labute approximate surface area is 126 Å². The molecule has 21 heavy (non-hydrogen) atoms. The van der Waals surface area contributed by atoms with Gasteiger partial charge in [-0.1, -0.05) is 17.7 Å². The van der Waals surface area contributed by atoms with Gasteiger partial charge in [-0.05, 0) is 30.3 Å². The van der Waals surface area contributed by atoms with Gasteiger partial charge in [-0.2, -0.15) is 0 Å². The number of halogens is 2. The zero-order valence-corrected chi connectivity index (χ0v) is 12.1. The largest absolute Gasteiger partial charge is 0.496 e. The Bertz CT molecular complexity index is 677. The number of carbonyl (C=O) groups excluding carboxylic acids is 1. The van der Waals surface area contributed by atoms with Crippen molar-refractivity contribution in [3.63, 3.8) is 0 Å². The van der Waals surface area contributed by atoms with Gasteiger partial charge in [0.05, 0.1) is 17.7 Å². The van der Waals surface area contributed by atoms with Crippen LogP contribution in [-0.2, 0) is 6.54 Å². The van der Waals surface area contributed by atoms with E-state index in [-0.39, 0.29) is 17.1 Å². The van der Waals surface area contributed by atoms with Gasteiger partial charge >= 0.3 is 0 Å². The molecule has 2 aromatic carbocycles. The number of anilines is 1. The SMILES string of the molecule is COc1ccc(N)cc1CNC(=O)c1cccc(F)c1Cl. The molecule has 0 saturated carbocycles. The third-order valence-electron chi connectivity index (χ3n) is 2.94. The normalized spacial score (nSPS) is 10.2. The van der Waals surface area contributed by atoms with E-state index in [4.69, 9.17) is 22.1 Å². The fourth-order valence-electron chi connectivity index (χ4n) is 1.89. The fourth-order valence-corrected chi connectivity index (χ4v) is 2.10. The zero-order valence-electron chi connectivity index (χ0n) is 11.3. The van der Waals surface area contributed by atoms with E-state index in [0.717, 1.165) is 5.56 Å². The Morgan fingerprint density at radius 1 is 1.38 bits per heavy atom. The smallest absolute Gasteiger partial charge is 0.253 e. The highest BCUT2D eigenvalue weighted by Gasteiger charge is 2.14. The third-order valence-corrected chi connectivity index (χ3v) is 3.32. The average Bonchev–Trinajstić information content (AvgIpc) is 2.47. The molecule has 2 rings (SSSR count). The summed E-state index contributed by atoms with van der Waals surface area (Å²) in [6.07, 6.45) is 0. The number of nitrogen functional groups attached to an aromatic ring is 1. The molecule has 1 amide bonds. The predicted molar refractivity (Wildman–Crippen MR) is 80.0 cm³/mol. The molecule has 6 heteroatoms. The highest BCUT2D eigenvalue weighted by atomic mass is 35.5. The second kappa shape index (κ2) is 6.45. The lowest BCUT2D eigenvalue weighted by atomic mass is 10.1. The summed E-state index contributed by atoms with van der Waals surface area (Å²) < 4.78 is 18.5. The van der Waals surface area contributed by atoms with Crippen molar-refractivity contribution in [2.45, 2.75) is 6.54 Å². The first kappa shape index (κ1) is 15.1. The minimum Gasteiger partial charge on any atom is -0.496 e. The van der Waals surface area contributed by atoms with E-state index < -0.39 is 11.7 Å². The number of benzene rings is 2. The Morgan fingerprint density at radius 2 is 2.14 bits per heavy atom.